The second kappa shape index (κ2) is 7.26. The monoisotopic (exact) mass is 295 g/mol. The van der Waals surface area contributed by atoms with E-state index in [-0.39, 0.29) is 30.1 Å². The van der Waals surface area contributed by atoms with Gasteiger partial charge in [-0.25, -0.2) is 0 Å². The van der Waals surface area contributed by atoms with E-state index in [1.165, 1.54) is 6.92 Å². The molecule has 1 amide bonds. The molecule has 0 spiro atoms. The molecule has 1 N–H and O–H groups in total. The normalized spacial score (nSPS) is 32.3. The third-order valence-corrected chi connectivity index (χ3v) is 3.97. The number of ether oxygens (including phenoxy) is 2. The van der Waals surface area contributed by atoms with Crippen LogP contribution in [-0.2, 0) is 14.3 Å². The number of amides is 1. The maximum atomic E-state index is 11.6. The molecule has 4 heteroatoms. The van der Waals surface area contributed by atoms with Gasteiger partial charge in [-0.1, -0.05) is 34.3 Å². The lowest BCUT2D eigenvalue weighted by molar-refractivity contribution is -0.121. The smallest absolute Gasteiger partial charge is 0.217 e. The summed E-state index contributed by atoms with van der Waals surface area (Å²) in [7, 11) is 1.65. The fourth-order valence-electron chi connectivity index (χ4n) is 3.23. The van der Waals surface area contributed by atoms with Crippen molar-refractivity contribution >= 4 is 5.91 Å². The second-order valence-electron chi connectivity index (χ2n) is 6.55. The van der Waals surface area contributed by atoms with E-state index in [4.69, 9.17) is 9.47 Å². The zero-order chi connectivity index (χ0) is 16.2. The second-order valence-corrected chi connectivity index (χ2v) is 6.55. The first-order valence-electron chi connectivity index (χ1n) is 7.63. The highest BCUT2D eigenvalue weighted by atomic mass is 16.6. The molecule has 4 atom stereocenters. The van der Waals surface area contributed by atoms with Crippen molar-refractivity contribution in [1.82, 2.24) is 5.32 Å². The predicted octanol–water partition coefficient (Wildman–Crippen LogP) is 2.69. The summed E-state index contributed by atoms with van der Waals surface area (Å²) in [5.74, 6) is 0.642. The van der Waals surface area contributed by atoms with Gasteiger partial charge in [0.25, 0.3) is 0 Å². The molecule has 1 aliphatic heterocycles. The van der Waals surface area contributed by atoms with Crippen LogP contribution in [0.4, 0.5) is 0 Å². The lowest BCUT2D eigenvalue weighted by Crippen LogP contribution is -2.57. The van der Waals surface area contributed by atoms with E-state index in [9.17, 15) is 4.79 Å². The van der Waals surface area contributed by atoms with E-state index in [0.717, 1.165) is 6.42 Å². The molecule has 4 nitrogen and oxygen atoms in total. The lowest BCUT2D eigenvalue weighted by atomic mass is 9.81. The van der Waals surface area contributed by atoms with E-state index in [1.54, 1.807) is 13.2 Å². The highest BCUT2D eigenvalue weighted by Crippen LogP contribution is 2.40. The van der Waals surface area contributed by atoms with Crippen molar-refractivity contribution in [3.63, 3.8) is 0 Å². The van der Waals surface area contributed by atoms with Gasteiger partial charge in [-0.2, -0.15) is 0 Å². The van der Waals surface area contributed by atoms with Crippen molar-refractivity contribution in [1.29, 1.82) is 0 Å². The van der Waals surface area contributed by atoms with E-state index in [0.29, 0.717) is 5.92 Å². The first kappa shape index (κ1) is 18.0. The summed E-state index contributed by atoms with van der Waals surface area (Å²) in [6, 6.07) is -0.232. The van der Waals surface area contributed by atoms with Crippen molar-refractivity contribution < 1.29 is 14.3 Å². The summed E-state index contributed by atoms with van der Waals surface area (Å²) in [6.45, 7) is 13.7. The van der Waals surface area contributed by atoms with Crippen LogP contribution in [0, 0.1) is 11.8 Å². The van der Waals surface area contributed by atoms with E-state index in [1.807, 2.05) is 0 Å². The van der Waals surface area contributed by atoms with Crippen LogP contribution < -0.4 is 5.32 Å². The van der Waals surface area contributed by atoms with Crippen LogP contribution in [0.15, 0.2) is 18.4 Å². The Morgan fingerprint density at radius 1 is 1.48 bits per heavy atom. The van der Waals surface area contributed by atoms with Gasteiger partial charge in [0.05, 0.1) is 18.2 Å². The minimum atomic E-state index is -0.721. The SMILES string of the molecule is C=C=C[C@]1(OC)[C@H](C(C)C)O[C@H](CC(C)C)[C@@H]1NC(C)=O. The Bertz CT molecular complexity index is 412. The quantitative estimate of drug-likeness (QED) is 0.766. The third-order valence-electron chi connectivity index (χ3n) is 3.97. The Balaban J connectivity index is 3.27. The predicted molar refractivity (Wildman–Crippen MR) is 84.0 cm³/mol. The summed E-state index contributed by atoms with van der Waals surface area (Å²) in [6.07, 6.45) is 2.45. The van der Waals surface area contributed by atoms with Gasteiger partial charge in [0.15, 0.2) is 0 Å². The maximum Gasteiger partial charge on any atom is 0.217 e. The van der Waals surface area contributed by atoms with Crippen molar-refractivity contribution in [2.75, 3.05) is 7.11 Å². The molecule has 1 aliphatic rings. The zero-order valence-corrected chi connectivity index (χ0v) is 14.1. The molecule has 0 unspecified atom stereocenters. The number of hydrogen-bond donors (Lipinski definition) is 1. The summed E-state index contributed by atoms with van der Waals surface area (Å²) in [5.41, 5.74) is 2.11. The summed E-state index contributed by atoms with van der Waals surface area (Å²) >= 11 is 0. The Labute approximate surface area is 128 Å². The van der Waals surface area contributed by atoms with Crippen molar-refractivity contribution in [2.24, 2.45) is 11.8 Å². The molecule has 0 aromatic heterocycles. The van der Waals surface area contributed by atoms with E-state index in [2.05, 4.69) is 45.3 Å². The molecule has 120 valence electrons. The Kier molecular flexibility index (Phi) is 6.21. The summed E-state index contributed by atoms with van der Waals surface area (Å²) in [4.78, 5) is 11.6. The fraction of sp³-hybridized carbons (Fsp3) is 0.765. The lowest BCUT2D eigenvalue weighted by Gasteiger charge is -2.36. The molecule has 0 bridgehead atoms. The average Bonchev–Trinajstić information content (AvgIpc) is 2.64. The fourth-order valence-corrected chi connectivity index (χ4v) is 3.23. The Morgan fingerprint density at radius 2 is 2.10 bits per heavy atom. The minimum absolute atomic E-state index is 0.0779. The molecule has 1 fully saturated rings. The van der Waals surface area contributed by atoms with Crippen molar-refractivity contribution in [2.45, 2.75) is 64.9 Å². The first-order chi connectivity index (χ1) is 9.78. The van der Waals surface area contributed by atoms with Crippen LogP contribution in [0.5, 0.6) is 0 Å². The van der Waals surface area contributed by atoms with Crippen LogP contribution in [0.1, 0.15) is 41.0 Å². The van der Waals surface area contributed by atoms with Crippen LogP contribution in [0.3, 0.4) is 0 Å². The number of nitrogens with one attached hydrogen (secondary N) is 1. The van der Waals surface area contributed by atoms with Gasteiger partial charge in [0.2, 0.25) is 5.91 Å². The molecule has 21 heavy (non-hydrogen) atoms. The number of carbonyl (C=O) groups excluding carboxylic acids is 1. The minimum Gasteiger partial charge on any atom is -0.369 e. The van der Waals surface area contributed by atoms with Crippen molar-refractivity contribution in [3.05, 3.63) is 18.4 Å². The highest BCUT2D eigenvalue weighted by Gasteiger charge is 2.57. The van der Waals surface area contributed by atoms with Gasteiger partial charge < -0.3 is 14.8 Å². The van der Waals surface area contributed by atoms with Gasteiger partial charge in [0, 0.05) is 14.0 Å². The molecule has 1 saturated heterocycles. The van der Waals surface area contributed by atoms with Gasteiger partial charge in [-0.15, -0.1) is 5.73 Å². The molecule has 0 aromatic carbocycles. The van der Waals surface area contributed by atoms with E-state index < -0.39 is 5.60 Å². The highest BCUT2D eigenvalue weighted by molar-refractivity contribution is 5.73. The number of hydrogen-bond acceptors (Lipinski definition) is 3. The average molecular weight is 295 g/mol. The number of methoxy groups -OCH3 is 1. The molecule has 0 aromatic rings. The summed E-state index contributed by atoms with van der Waals surface area (Å²) < 4.78 is 12.1. The summed E-state index contributed by atoms with van der Waals surface area (Å²) in [5, 5.41) is 3.02. The third kappa shape index (κ3) is 3.76. The van der Waals surface area contributed by atoms with Gasteiger partial charge >= 0.3 is 0 Å². The standard InChI is InChI=1S/C17H29NO3/c1-8-9-17(20-7)15(18-13(6)19)14(10-11(2)3)21-16(17)12(4)5/h9,11-12,14-16H,1,10H2,2-7H3,(H,18,19)/t14-,15+,16+,17-/m1/s1. The maximum absolute atomic E-state index is 11.6. The molecule has 0 saturated carbocycles. The first-order valence-corrected chi connectivity index (χ1v) is 7.63. The molecular formula is C17H29NO3. The largest absolute Gasteiger partial charge is 0.369 e. The van der Waals surface area contributed by atoms with Crippen LogP contribution in [-0.4, -0.2) is 36.9 Å². The molecular weight excluding hydrogens is 266 g/mol. The van der Waals surface area contributed by atoms with E-state index >= 15 is 0 Å². The van der Waals surface area contributed by atoms with Gasteiger partial charge in [-0.3, -0.25) is 4.79 Å². The Morgan fingerprint density at radius 3 is 2.48 bits per heavy atom. The topological polar surface area (TPSA) is 47.6 Å². The van der Waals surface area contributed by atoms with Crippen LogP contribution in [0.25, 0.3) is 0 Å². The molecule has 1 heterocycles. The van der Waals surface area contributed by atoms with Gasteiger partial charge in [0.1, 0.15) is 5.60 Å². The number of carbonyl (C=O) groups is 1. The number of rotatable bonds is 6. The molecule has 1 rings (SSSR count). The van der Waals surface area contributed by atoms with Gasteiger partial charge in [-0.05, 0) is 24.3 Å². The van der Waals surface area contributed by atoms with Crippen molar-refractivity contribution in [3.8, 4) is 0 Å². The molecule has 0 radical (unpaired) electrons. The Hall–Kier alpha value is -1.09. The van der Waals surface area contributed by atoms with Crippen LogP contribution >= 0.6 is 0 Å². The molecule has 0 aliphatic carbocycles. The zero-order valence-electron chi connectivity index (χ0n) is 14.1. The van der Waals surface area contributed by atoms with Crippen LogP contribution in [0.2, 0.25) is 0 Å².